The van der Waals surface area contributed by atoms with E-state index in [1.807, 2.05) is 20.6 Å². The third-order valence-electron chi connectivity index (χ3n) is 6.90. The predicted molar refractivity (Wildman–Crippen MR) is 108 cm³/mol. The van der Waals surface area contributed by atoms with Gasteiger partial charge in [0.05, 0.1) is 25.5 Å². The lowest BCUT2D eigenvalue weighted by molar-refractivity contribution is -0.157. The number of rotatable bonds is 4. The maximum atomic E-state index is 12.4. The number of ether oxygens (including phenoxy) is 1. The van der Waals surface area contributed by atoms with Gasteiger partial charge in [-0.1, -0.05) is 12.1 Å². The molecule has 0 bridgehead atoms. The molecule has 0 radical (unpaired) electrons. The highest BCUT2D eigenvalue weighted by molar-refractivity contribution is 5.83. The first-order chi connectivity index (χ1) is 14.6. The van der Waals surface area contributed by atoms with E-state index in [2.05, 4.69) is 34.1 Å². The first-order valence-corrected chi connectivity index (χ1v) is 10.7. The van der Waals surface area contributed by atoms with E-state index in [0.717, 1.165) is 38.2 Å². The maximum Gasteiger partial charge on any atom is 0.411 e. The molecule has 1 aliphatic carbocycles. The molecular weight excluding hydrogens is 382 g/mol. The second-order valence-electron chi connectivity index (χ2n) is 8.98. The number of hydrogen-bond donors (Lipinski definition) is 0. The summed E-state index contributed by atoms with van der Waals surface area (Å²) in [5.74, 6) is 0.449. The molecule has 156 valence electrons. The zero-order valence-corrected chi connectivity index (χ0v) is 16.8. The van der Waals surface area contributed by atoms with Crippen molar-refractivity contribution in [1.82, 2.24) is 24.3 Å². The van der Waals surface area contributed by atoms with Gasteiger partial charge in [-0.2, -0.15) is 0 Å². The Balaban J connectivity index is 1.13. The van der Waals surface area contributed by atoms with Crippen molar-refractivity contribution in [2.75, 3.05) is 32.7 Å². The predicted octanol–water partition coefficient (Wildman–Crippen LogP) is 1.50. The average Bonchev–Trinajstić information content (AvgIpc) is 3.35. The van der Waals surface area contributed by atoms with Crippen molar-refractivity contribution in [3.8, 4) is 5.69 Å². The Labute approximate surface area is 175 Å². The van der Waals surface area contributed by atoms with E-state index in [1.54, 1.807) is 12.5 Å². The fourth-order valence-corrected chi connectivity index (χ4v) is 5.02. The van der Waals surface area contributed by atoms with Crippen molar-refractivity contribution in [2.45, 2.75) is 31.0 Å². The van der Waals surface area contributed by atoms with E-state index in [0.29, 0.717) is 19.6 Å². The lowest BCUT2D eigenvalue weighted by Gasteiger charge is -2.51. The molecule has 1 saturated carbocycles. The number of piperazine rings is 1. The molecule has 1 spiro atoms. The monoisotopic (exact) mass is 407 g/mol. The van der Waals surface area contributed by atoms with Gasteiger partial charge >= 0.3 is 6.09 Å². The van der Waals surface area contributed by atoms with E-state index in [-0.39, 0.29) is 24.0 Å². The minimum atomic E-state index is -0.522. The number of amides is 2. The fourth-order valence-electron chi connectivity index (χ4n) is 5.02. The molecule has 8 nitrogen and oxygen atoms in total. The van der Waals surface area contributed by atoms with E-state index in [4.69, 9.17) is 4.74 Å². The smallest absolute Gasteiger partial charge is 0.411 e. The van der Waals surface area contributed by atoms with Crippen molar-refractivity contribution in [3.05, 3.63) is 48.5 Å². The highest BCUT2D eigenvalue weighted by atomic mass is 16.6. The molecule has 1 aromatic carbocycles. The number of hydrogen-bond acceptors (Lipinski definition) is 5. The SMILES string of the molecule is O=C(C1CC1)N1CC2(C1)OC(=O)N1CCN(Cc3ccc(-n4ccnc4)cc3)CC12. The van der Waals surface area contributed by atoms with E-state index >= 15 is 0 Å². The Morgan fingerprint density at radius 2 is 1.97 bits per heavy atom. The van der Waals surface area contributed by atoms with Gasteiger partial charge < -0.3 is 14.2 Å². The first-order valence-electron chi connectivity index (χ1n) is 10.7. The second-order valence-corrected chi connectivity index (χ2v) is 8.98. The molecule has 2 aromatic rings. The average molecular weight is 407 g/mol. The standard InChI is InChI=1S/C22H25N5O3/c28-20(17-3-4-17)26-13-22(14-26)19-12-24(9-10-27(19)21(29)30-22)11-16-1-5-18(6-2-16)25-8-7-23-15-25/h1-2,5-8,15,17,19H,3-4,9-14H2. The first kappa shape index (κ1) is 17.9. The summed E-state index contributed by atoms with van der Waals surface area (Å²) in [6, 6.07) is 8.52. The largest absolute Gasteiger partial charge is 0.437 e. The van der Waals surface area contributed by atoms with Crippen molar-refractivity contribution >= 4 is 12.0 Å². The molecule has 8 heteroatoms. The van der Waals surface area contributed by atoms with Gasteiger partial charge in [-0.15, -0.1) is 0 Å². The van der Waals surface area contributed by atoms with Gasteiger partial charge in [0.1, 0.15) is 0 Å². The van der Waals surface area contributed by atoms with Crippen LogP contribution in [0.5, 0.6) is 0 Å². The Hall–Kier alpha value is -2.87. The molecular formula is C22H25N5O3. The third kappa shape index (κ3) is 2.89. The zero-order valence-electron chi connectivity index (χ0n) is 16.8. The van der Waals surface area contributed by atoms with Crippen LogP contribution in [0.1, 0.15) is 18.4 Å². The third-order valence-corrected chi connectivity index (χ3v) is 6.90. The highest BCUT2D eigenvalue weighted by Gasteiger charge is 2.63. The zero-order chi connectivity index (χ0) is 20.3. The summed E-state index contributed by atoms with van der Waals surface area (Å²) < 4.78 is 7.81. The summed E-state index contributed by atoms with van der Waals surface area (Å²) in [4.78, 5) is 35.0. The molecule has 2 amide bonds. The number of benzene rings is 1. The molecule has 4 heterocycles. The van der Waals surface area contributed by atoms with Gasteiger partial charge in [-0.25, -0.2) is 9.78 Å². The highest BCUT2D eigenvalue weighted by Crippen LogP contribution is 2.42. The number of likely N-dealkylation sites (tertiary alicyclic amines) is 1. The number of carbonyl (C=O) groups is 2. The lowest BCUT2D eigenvalue weighted by atomic mass is 9.84. The Kier molecular flexibility index (Phi) is 3.93. The van der Waals surface area contributed by atoms with E-state index in [1.165, 1.54) is 5.56 Å². The van der Waals surface area contributed by atoms with Gasteiger partial charge in [-0.3, -0.25) is 14.6 Å². The van der Waals surface area contributed by atoms with Gasteiger partial charge in [0.15, 0.2) is 5.60 Å². The van der Waals surface area contributed by atoms with Crippen LogP contribution < -0.4 is 0 Å². The Bertz CT molecular complexity index is 963. The van der Waals surface area contributed by atoms with Crippen LogP contribution in [-0.2, 0) is 16.1 Å². The summed E-state index contributed by atoms with van der Waals surface area (Å²) in [7, 11) is 0. The molecule has 4 aliphatic rings. The Morgan fingerprint density at radius 3 is 2.67 bits per heavy atom. The lowest BCUT2D eigenvalue weighted by Crippen LogP contribution is -2.72. The number of carbonyl (C=O) groups excluding carboxylic acids is 2. The minimum Gasteiger partial charge on any atom is -0.437 e. The van der Waals surface area contributed by atoms with Crippen LogP contribution in [0.3, 0.4) is 0 Å². The molecule has 6 rings (SSSR count). The van der Waals surface area contributed by atoms with Crippen LogP contribution in [0.2, 0.25) is 0 Å². The van der Waals surface area contributed by atoms with Gasteiger partial charge in [-0.05, 0) is 30.5 Å². The van der Waals surface area contributed by atoms with Crippen molar-refractivity contribution < 1.29 is 14.3 Å². The van der Waals surface area contributed by atoms with E-state index in [9.17, 15) is 9.59 Å². The molecule has 3 saturated heterocycles. The molecule has 3 aliphatic heterocycles. The number of nitrogens with zero attached hydrogens (tertiary/aromatic N) is 5. The molecule has 1 aromatic heterocycles. The fraction of sp³-hybridized carbons (Fsp3) is 0.500. The summed E-state index contributed by atoms with van der Waals surface area (Å²) >= 11 is 0. The van der Waals surface area contributed by atoms with Crippen LogP contribution in [0, 0.1) is 5.92 Å². The molecule has 4 fully saturated rings. The van der Waals surface area contributed by atoms with Crippen molar-refractivity contribution in [1.29, 1.82) is 0 Å². The summed E-state index contributed by atoms with van der Waals surface area (Å²) in [6.07, 6.45) is 7.29. The Morgan fingerprint density at radius 1 is 1.17 bits per heavy atom. The summed E-state index contributed by atoms with van der Waals surface area (Å²) in [6.45, 7) is 4.21. The second kappa shape index (κ2) is 6.57. The van der Waals surface area contributed by atoms with Crippen molar-refractivity contribution in [2.24, 2.45) is 5.92 Å². The van der Waals surface area contributed by atoms with Gasteiger partial charge in [0.25, 0.3) is 0 Å². The normalized spacial score (nSPS) is 25.2. The number of imidazole rings is 1. The molecule has 1 unspecified atom stereocenters. The maximum absolute atomic E-state index is 12.4. The van der Waals surface area contributed by atoms with Gasteiger partial charge in [0, 0.05) is 50.2 Å². The van der Waals surface area contributed by atoms with Crippen LogP contribution in [0.4, 0.5) is 4.79 Å². The molecule has 0 N–H and O–H groups in total. The summed E-state index contributed by atoms with van der Waals surface area (Å²) in [5, 5.41) is 0. The summed E-state index contributed by atoms with van der Waals surface area (Å²) in [5.41, 5.74) is 1.81. The van der Waals surface area contributed by atoms with Crippen LogP contribution in [-0.4, -0.2) is 80.6 Å². The number of fused-ring (bicyclic) bond motifs is 2. The van der Waals surface area contributed by atoms with Crippen LogP contribution in [0.15, 0.2) is 43.0 Å². The molecule has 30 heavy (non-hydrogen) atoms. The molecule has 1 atom stereocenters. The van der Waals surface area contributed by atoms with Crippen LogP contribution in [0.25, 0.3) is 5.69 Å². The quantitative estimate of drug-likeness (QED) is 0.768. The minimum absolute atomic E-state index is 0.0206. The van der Waals surface area contributed by atoms with Crippen LogP contribution >= 0.6 is 0 Å². The van der Waals surface area contributed by atoms with Gasteiger partial charge in [0.2, 0.25) is 5.91 Å². The number of aromatic nitrogens is 2. The topological polar surface area (TPSA) is 70.9 Å². The van der Waals surface area contributed by atoms with Crippen molar-refractivity contribution in [3.63, 3.8) is 0 Å². The van der Waals surface area contributed by atoms with E-state index < -0.39 is 5.60 Å².